The van der Waals surface area contributed by atoms with E-state index in [9.17, 15) is 0 Å². The summed E-state index contributed by atoms with van der Waals surface area (Å²) in [6.45, 7) is 4.04. The maximum atomic E-state index is 5.33. The van der Waals surface area contributed by atoms with Crippen LogP contribution in [0.4, 0.5) is 0 Å². The van der Waals surface area contributed by atoms with E-state index in [2.05, 4.69) is 28.7 Å². The smallest absolute Gasteiger partial charge is 0.160 e. The lowest BCUT2D eigenvalue weighted by Crippen LogP contribution is -2.13. The third-order valence-electron chi connectivity index (χ3n) is 3.14. The van der Waals surface area contributed by atoms with Crippen molar-refractivity contribution in [1.82, 2.24) is 10.3 Å². The van der Waals surface area contributed by atoms with Gasteiger partial charge in [0.05, 0.1) is 24.9 Å². The van der Waals surface area contributed by atoms with Gasteiger partial charge in [-0.15, -0.1) is 11.3 Å². The Morgan fingerprint density at radius 2 is 2.00 bits per heavy atom. The molecule has 114 valence electrons. The predicted octanol–water partition coefficient (Wildman–Crippen LogP) is 3.25. The Balaban J connectivity index is 2.01. The molecule has 2 rings (SSSR count). The summed E-state index contributed by atoms with van der Waals surface area (Å²) in [4.78, 5) is 4.66. The van der Waals surface area contributed by atoms with E-state index in [4.69, 9.17) is 9.47 Å². The standard InChI is InChI=1S/C16H22N2O2S/c1-4-7-17-10-13-11-21-16(18-13)9-12-5-6-14(19-2)15(8-12)20-3/h5-6,8,11,17H,4,7,9-10H2,1-3H3. The average Bonchev–Trinajstić information content (AvgIpc) is 2.95. The third kappa shape index (κ3) is 4.44. The summed E-state index contributed by atoms with van der Waals surface area (Å²) in [5.41, 5.74) is 2.29. The molecule has 1 aromatic heterocycles. The molecule has 1 aromatic carbocycles. The first-order chi connectivity index (χ1) is 10.3. The second-order valence-corrected chi connectivity index (χ2v) is 5.72. The van der Waals surface area contributed by atoms with Gasteiger partial charge in [-0.2, -0.15) is 0 Å². The molecule has 0 bridgehead atoms. The second kappa shape index (κ2) is 8.00. The number of hydrogen-bond acceptors (Lipinski definition) is 5. The molecule has 0 aliphatic heterocycles. The Kier molecular flexibility index (Phi) is 6.02. The lowest BCUT2D eigenvalue weighted by molar-refractivity contribution is 0.354. The van der Waals surface area contributed by atoms with Crippen LogP contribution in [0.15, 0.2) is 23.6 Å². The Morgan fingerprint density at radius 1 is 1.19 bits per heavy atom. The van der Waals surface area contributed by atoms with Crippen LogP contribution in [0.1, 0.15) is 29.6 Å². The molecule has 1 N–H and O–H groups in total. The second-order valence-electron chi connectivity index (χ2n) is 4.78. The lowest BCUT2D eigenvalue weighted by Gasteiger charge is -2.08. The number of thiazole rings is 1. The summed E-state index contributed by atoms with van der Waals surface area (Å²) in [6.07, 6.45) is 1.96. The average molecular weight is 306 g/mol. The highest BCUT2D eigenvalue weighted by Gasteiger charge is 2.07. The van der Waals surface area contributed by atoms with Gasteiger partial charge in [0.15, 0.2) is 11.5 Å². The van der Waals surface area contributed by atoms with Crippen molar-refractivity contribution < 1.29 is 9.47 Å². The van der Waals surface area contributed by atoms with Gasteiger partial charge in [-0.3, -0.25) is 0 Å². The summed E-state index contributed by atoms with van der Waals surface area (Å²) in [5, 5.41) is 6.61. The first-order valence-electron chi connectivity index (χ1n) is 7.11. The number of nitrogens with zero attached hydrogens (tertiary/aromatic N) is 1. The van der Waals surface area contributed by atoms with Crippen LogP contribution in [0.25, 0.3) is 0 Å². The van der Waals surface area contributed by atoms with E-state index < -0.39 is 0 Å². The molecule has 2 aromatic rings. The number of nitrogens with one attached hydrogen (secondary N) is 1. The summed E-state index contributed by atoms with van der Waals surface area (Å²) in [6, 6.07) is 6.00. The van der Waals surface area contributed by atoms with Gasteiger partial charge in [0.1, 0.15) is 0 Å². The van der Waals surface area contributed by atoms with Gasteiger partial charge in [-0.25, -0.2) is 4.98 Å². The molecule has 0 aliphatic rings. The maximum absolute atomic E-state index is 5.33. The summed E-state index contributed by atoms with van der Waals surface area (Å²) in [5.74, 6) is 1.52. The molecule has 0 fully saturated rings. The normalized spacial score (nSPS) is 10.6. The molecule has 0 radical (unpaired) electrons. The van der Waals surface area contributed by atoms with Crippen LogP contribution in [0.5, 0.6) is 11.5 Å². The maximum Gasteiger partial charge on any atom is 0.160 e. The molecule has 1 heterocycles. The molecular formula is C16H22N2O2S. The zero-order valence-electron chi connectivity index (χ0n) is 12.8. The fraction of sp³-hybridized carbons (Fsp3) is 0.438. The van der Waals surface area contributed by atoms with Crippen LogP contribution in [0.3, 0.4) is 0 Å². The quantitative estimate of drug-likeness (QED) is 0.760. The van der Waals surface area contributed by atoms with Gasteiger partial charge in [-0.1, -0.05) is 13.0 Å². The van der Waals surface area contributed by atoms with E-state index in [1.807, 2.05) is 12.1 Å². The first-order valence-corrected chi connectivity index (χ1v) is 7.99. The topological polar surface area (TPSA) is 43.4 Å². The van der Waals surface area contributed by atoms with Crippen molar-refractivity contribution >= 4 is 11.3 Å². The van der Waals surface area contributed by atoms with Crippen LogP contribution >= 0.6 is 11.3 Å². The highest BCUT2D eigenvalue weighted by Crippen LogP contribution is 2.28. The molecule has 0 saturated heterocycles. The van der Waals surface area contributed by atoms with Crippen LogP contribution in [0.2, 0.25) is 0 Å². The highest BCUT2D eigenvalue weighted by molar-refractivity contribution is 7.09. The molecule has 5 heteroatoms. The third-order valence-corrected chi connectivity index (χ3v) is 4.03. The van der Waals surface area contributed by atoms with Gasteiger partial charge in [0, 0.05) is 18.3 Å². The van der Waals surface area contributed by atoms with Crippen molar-refractivity contribution in [3.8, 4) is 11.5 Å². The molecule has 0 aliphatic carbocycles. The predicted molar refractivity (Wildman–Crippen MR) is 86.5 cm³/mol. The number of hydrogen-bond donors (Lipinski definition) is 1. The van der Waals surface area contributed by atoms with Crippen LogP contribution in [0, 0.1) is 0 Å². The minimum Gasteiger partial charge on any atom is -0.493 e. The molecule has 4 nitrogen and oxygen atoms in total. The van der Waals surface area contributed by atoms with Crippen molar-refractivity contribution in [2.45, 2.75) is 26.3 Å². The largest absolute Gasteiger partial charge is 0.493 e. The van der Waals surface area contributed by atoms with Gasteiger partial charge in [-0.05, 0) is 30.7 Å². The molecule has 0 atom stereocenters. The van der Waals surface area contributed by atoms with Gasteiger partial charge < -0.3 is 14.8 Å². The minimum atomic E-state index is 0.754. The Morgan fingerprint density at radius 3 is 2.71 bits per heavy atom. The van der Waals surface area contributed by atoms with E-state index in [0.29, 0.717) is 0 Å². The Hall–Kier alpha value is -1.59. The van der Waals surface area contributed by atoms with Crippen LogP contribution in [-0.4, -0.2) is 25.7 Å². The first kappa shape index (κ1) is 15.8. The zero-order chi connectivity index (χ0) is 15.1. The number of ether oxygens (including phenoxy) is 2. The number of aromatic nitrogens is 1. The highest BCUT2D eigenvalue weighted by atomic mass is 32.1. The van der Waals surface area contributed by atoms with E-state index in [0.717, 1.165) is 48.1 Å². The minimum absolute atomic E-state index is 0.754. The Bertz CT molecular complexity index is 569. The van der Waals surface area contributed by atoms with Crippen molar-refractivity contribution in [1.29, 1.82) is 0 Å². The molecule has 0 amide bonds. The van der Waals surface area contributed by atoms with E-state index in [1.54, 1.807) is 25.6 Å². The Labute approximate surface area is 130 Å². The van der Waals surface area contributed by atoms with Crippen molar-refractivity contribution in [3.05, 3.63) is 39.8 Å². The van der Waals surface area contributed by atoms with Gasteiger partial charge in [0.25, 0.3) is 0 Å². The number of benzene rings is 1. The number of methoxy groups -OCH3 is 2. The van der Waals surface area contributed by atoms with Crippen molar-refractivity contribution in [3.63, 3.8) is 0 Å². The monoisotopic (exact) mass is 306 g/mol. The van der Waals surface area contributed by atoms with Gasteiger partial charge in [0.2, 0.25) is 0 Å². The summed E-state index contributed by atoms with van der Waals surface area (Å²) < 4.78 is 10.6. The molecule has 0 saturated carbocycles. The summed E-state index contributed by atoms with van der Waals surface area (Å²) >= 11 is 1.70. The van der Waals surface area contributed by atoms with Gasteiger partial charge >= 0.3 is 0 Å². The summed E-state index contributed by atoms with van der Waals surface area (Å²) in [7, 11) is 3.30. The zero-order valence-corrected chi connectivity index (χ0v) is 13.6. The number of rotatable bonds is 8. The van der Waals surface area contributed by atoms with Crippen molar-refractivity contribution in [2.75, 3.05) is 20.8 Å². The molecular weight excluding hydrogens is 284 g/mol. The molecule has 21 heavy (non-hydrogen) atoms. The van der Waals surface area contributed by atoms with Crippen molar-refractivity contribution in [2.24, 2.45) is 0 Å². The van der Waals surface area contributed by atoms with E-state index in [1.165, 1.54) is 5.56 Å². The fourth-order valence-electron chi connectivity index (χ4n) is 2.07. The SMILES string of the molecule is CCCNCc1csc(Cc2ccc(OC)c(OC)c2)n1. The lowest BCUT2D eigenvalue weighted by atomic mass is 10.1. The van der Waals surface area contributed by atoms with Crippen LogP contribution < -0.4 is 14.8 Å². The van der Waals surface area contributed by atoms with Crippen LogP contribution in [-0.2, 0) is 13.0 Å². The fourth-order valence-corrected chi connectivity index (χ4v) is 2.90. The molecule has 0 spiro atoms. The van der Waals surface area contributed by atoms with E-state index in [-0.39, 0.29) is 0 Å². The van der Waals surface area contributed by atoms with E-state index >= 15 is 0 Å². The molecule has 0 unspecified atom stereocenters.